The molecule has 2 heterocycles. The van der Waals surface area contributed by atoms with E-state index < -0.39 is 30.2 Å². The highest BCUT2D eigenvalue weighted by Crippen LogP contribution is 2.53. The highest BCUT2D eigenvalue weighted by atomic mass is 32.1. The molecule has 7 nitrogen and oxygen atoms in total. The fourth-order valence-corrected chi connectivity index (χ4v) is 5.12. The van der Waals surface area contributed by atoms with Gasteiger partial charge in [-0.2, -0.15) is 0 Å². The van der Waals surface area contributed by atoms with Crippen molar-refractivity contribution >= 4 is 39.2 Å². The lowest BCUT2D eigenvalue weighted by molar-refractivity contribution is -0.138. The fourth-order valence-electron chi connectivity index (χ4n) is 4.15. The molecule has 2 aromatic heterocycles. The Morgan fingerprint density at radius 2 is 1.88 bits per heavy atom. The summed E-state index contributed by atoms with van der Waals surface area (Å²) in [7, 11) is 0. The van der Waals surface area contributed by atoms with Gasteiger partial charge >= 0.3 is 5.97 Å². The van der Waals surface area contributed by atoms with Crippen LogP contribution in [-0.4, -0.2) is 33.0 Å². The number of nitrogens with two attached hydrogens (primary N) is 1. The van der Waals surface area contributed by atoms with Gasteiger partial charge in [0.1, 0.15) is 27.2 Å². The lowest BCUT2D eigenvalue weighted by atomic mass is 9.92. The molecule has 1 aliphatic carbocycles. The molecule has 0 spiro atoms. The number of carboxylic acid groups (broad SMARTS) is 1. The van der Waals surface area contributed by atoms with E-state index in [1.54, 1.807) is 12.1 Å². The van der Waals surface area contributed by atoms with Crippen LogP contribution in [0.15, 0.2) is 60.7 Å². The normalized spacial score (nSPS) is 15.1. The molecule has 1 fully saturated rings. The Kier molecular flexibility index (Phi) is 5.49. The van der Waals surface area contributed by atoms with E-state index in [0.29, 0.717) is 16.1 Å². The first-order valence-corrected chi connectivity index (χ1v) is 11.6. The first-order chi connectivity index (χ1) is 16.4. The zero-order valence-electron chi connectivity index (χ0n) is 18.0. The molecule has 0 radical (unpaired) electrons. The van der Waals surface area contributed by atoms with E-state index >= 15 is 0 Å². The summed E-state index contributed by atoms with van der Waals surface area (Å²) < 4.78 is 15.0. The Morgan fingerprint density at radius 3 is 2.53 bits per heavy atom. The van der Waals surface area contributed by atoms with Crippen molar-refractivity contribution in [1.82, 2.24) is 9.97 Å². The number of aliphatic carboxylic acids is 1. The molecule has 0 aliphatic heterocycles. The first-order valence-electron chi connectivity index (χ1n) is 10.8. The van der Waals surface area contributed by atoms with Crippen LogP contribution in [0.2, 0.25) is 0 Å². The number of hydrogen-bond acceptors (Lipinski definition) is 6. The average molecular weight is 477 g/mol. The summed E-state index contributed by atoms with van der Waals surface area (Å²) in [6.07, 6.45) is 1.58. The van der Waals surface area contributed by atoms with Crippen LogP contribution < -0.4 is 11.1 Å². The van der Waals surface area contributed by atoms with Gasteiger partial charge in [-0.05, 0) is 48.7 Å². The Balaban J connectivity index is 1.42. The molecule has 0 bridgehead atoms. The van der Waals surface area contributed by atoms with Crippen molar-refractivity contribution in [2.75, 3.05) is 5.32 Å². The zero-order valence-corrected chi connectivity index (χ0v) is 18.8. The van der Waals surface area contributed by atoms with Crippen molar-refractivity contribution in [1.29, 1.82) is 0 Å². The van der Waals surface area contributed by atoms with Crippen LogP contribution in [0.1, 0.15) is 30.5 Å². The van der Waals surface area contributed by atoms with Gasteiger partial charge in [-0.15, -0.1) is 0 Å². The van der Waals surface area contributed by atoms with Crippen molar-refractivity contribution in [2.45, 2.75) is 30.7 Å². The number of amides is 1. The predicted molar refractivity (Wildman–Crippen MR) is 128 cm³/mol. The van der Waals surface area contributed by atoms with Crippen molar-refractivity contribution in [3.8, 4) is 10.6 Å². The maximum Gasteiger partial charge on any atom is 0.305 e. The van der Waals surface area contributed by atoms with E-state index in [1.165, 1.54) is 23.0 Å². The van der Waals surface area contributed by atoms with E-state index in [2.05, 4.69) is 22.4 Å². The van der Waals surface area contributed by atoms with Crippen molar-refractivity contribution < 1.29 is 19.1 Å². The number of anilines is 1. The lowest BCUT2D eigenvalue weighted by Gasteiger charge is -2.15. The summed E-state index contributed by atoms with van der Waals surface area (Å²) in [5.41, 5.74) is 8.68. The lowest BCUT2D eigenvalue weighted by Crippen LogP contribution is -2.37. The third-order valence-electron chi connectivity index (χ3n) is 6.08. The van der Waals surface area contributed by atoms with Gasteiger partial charge < -0.3 is 16.2 Å². The zero-order chi connectivity index (χ0) is 23.9. The third kappa shape index (κ3) is 4.10. The quantitative estimate of drug-likeness (QED) is 0.349. The van der Waals surface area contributed by atoms with Gasteiger partial charge in [-0.25, -0.2) is 14.4 Å². The van der Waals surface area contributed by atoms with Gasteiger partial charge in [-0.1, -0.05) is 41.7 Å². The van der Waals surface area contributed by atoms with Gasteiger partial charge in [0.2, 0.25) is 5.91 Å². The molecule has 5 rings (SSSR count). The largest absolute Gasteiger partial charge is 0.481 e. The molecule has 9 heteroatoms. The molecule has 1 aliphatic rings. The number of carbonyl (C=O) groups excluding carboxylic acids is 1. The van der Waals surface area contributed by atoms with Crippen molar-refractivity contribution in [2.24, 2.45) is 5.73 Å². The molecular weight excluding hydrogens is 455 g/mol. The molecule has 1 atom stereocenters. The molecule has 34 heavy (non-hydrogen) atoms. The van der Waals surface area contributed by atoms with Crippen LogP contribution in [0.4, 0.5) is 10.1 Å². The number of rotatable bonds is 8. The average Bonchev–Trinajstić information content (AvgIpc) is 3.52. The Morgan fingerprint density at radius 1 is 1.12 bits per heavy atom. The number of benzene rings is 2. The minimum absolute atomic E-state index is 0.0644. The minimum Gasteiger partial charge on any atom is -0.481 e. The van der Waals surface area contributed by atoms with Crippen molar-refractivity contribution in [3.63, 3.8) is 0 Å². The van der Waals surface area contributed by atoms with Crippen LogP contribution in [0, 0.1) is 5.82 Å². The molecule has 2 aromatic carbocycles. The first kappa shape index (κ1) is 22.0. The number of aromatic nitrogens is 2. The van der Waals surface area contributed by atoms with Crippen LogP contribution in [0.25, 0.3) is 20.9 Å². The second-order valence-corrected chi connectivity index (χ2v) is 9.36. The SMILES string of the molecule is NC(=O)[C@H](CC(=O)O)Nc1ccc(-c2nc3ccc(C4(c5ccccc5)CC4)nc3s2)c(F)c1. The van der Waals surface area contributed by atoms with E-state index in [1.807, 2.05) is 30.3 Å². The second-order valence-electron chi connectivity index (χ2n) is 8.38. The van der Waals surface area contributed by atoms with Gasteiger partial charge in [0.05, 0.1) is 12.1 Å². The summed E-state index contributed by atoms with van der Waals surface area (Å²) in [6.45, 7) is 0. The molecule has 0 unspecified atom stereocenters. The maximum absolute atomic E-state index is 15.0. The smallest absolute Gasteiger partial charge is 0.305 e. The molecular formula is C25H21FN4O3S. The molecule has 172 valence electrons. The number of halogens is 1. The Labute approximate surface area is 198 Å². The number of nitrogens with zero attached hydrogens (tertiary/aromatic N) is 2. The topological polar surface area (TPSA) is 118 Å². The number of carbonyl (C=O) groups is 2. The van der Waals surface area contributed by atoms with Gasteiger partial charge in [0.15, 0.2) is 0 Å². The molecule has 4 aromatic rings. The minimum atomic E-state index is -1.19. The number of fused-ring (bicyclic) bond motifs is 1. The van der Waals surface area contributed by atoms with Gasteiger partial charge in [0, 0.05) is 16.7 Å². The van der Waals surface area contributed by atoms with Crippen LogP contribution >= 0.6 is 11.3 Å². The van der Waals surface area contributed by atoms with E-state index in [4.69, 9.17) is 15.8 Å². The van der Waals surface area contributed by atoms with E-state index in [9.17, 15) is 14.0 Å². The summed E-state index contributed by atoms with van der Waals surface area (Å²) in [5, 5.41) is 12.1. The van der Waals surface area contributed by atoms with Crippen molar-refractivity contribution in [3.05, 3.63) is 77.7 Å². The predicted octanol–water partition coefficient (Wildman–Crippen LogP) is 4.32. The van der Waals surface area contributed by atoms with Gasteiger partial charge in [-0.3, -0.25) is 9.59 Å². The Bertz CT molecular complexity index is 1400. The second kappa shape index (κ2) is 8.49. The highest BCUT2D eigenvalue weighted by Gasteiger charge is 2.47. The Hall–Kier alpha value is -3.85. The van der Waals surface area contributed by atoms with E-state index in [-0.39, 0.29) is 11.1 Å². The monoisotopic (exact) mass is 476 g/mol. The number of carboxylic acids is 1. The molecule has 0 saturated heterocycles. The third-order valence-corrected chi connectivity index (χ3v) is 7.08. The number of hydrogen-bond donors (Lipinski definition) is 3. The summed E-state index contributed by atoms with van der Waals surface area (Å²) in [4.78, 5) is 32.6. The standard InChI is InChI=1S/C25H21FN4O3S/c26-17-12-15(28-19(22(27)33)13-21(31)32)6-7-16(17)23-29-18-8-9-20(30-24(18)34-23)25(10-11-25)14-4-2-1-3-5-14/h1-9,12,19,28H,10-11,13H2,(H2,27,33)(H,31,32)/t19-/m0/s1. The van der Waals surface area contributed by atoms with Gasteiger partial charge in [0.25, 0.3) is 0 Å². The summed E-state index contributed by atoms with van der Waals surface area (Å²) in [5.74, 6) is -2.57. The molecule has 1 saturated carbocycles. The highest BCUT2D eigenvalue weighted by molar-refractivity contribution is 7.21. The maximum atomic E-state index is 15.0. The number of pyridine rings is 1. The molecule has 1 amide bonds. The number of thiazole rings is 1. The van der Waals surface area contributed by atoms with Crippen LogP contribution in [0.5, 0.6) is 0 Å². The van der Waals surface area contributed by atoms with Crippen LogP contribution in [-0.2, 0) is 15.0 Å². The fraction of sp³-hybridized carbons (Fsp3) is 0.200. The van der Waals surface area contributed by atoms with E-state index in [0.717, 1.165) is 23.4 Å². The summed E-state index contributed by atoms with van der Waals surface area (Å²) in [6, 6.07) is 17.4. The molecule has 4 N–H and O–H groups in total. The van der Waals surface area contributed by atoms with Crippen LogP contribution in [0.3, 0.4) is 0 Å². The number of nitrogens with one attached hydrogen (secondary N) is 1. The summed E-state index contributed by atoms with van der Waals surface area (Å²) >= 11 is 1.32. The number of primary amides is 1.